The Bertz CT molecular complexity index is 1060. The van der Waals surface area contributed by atoms with Crippen LogP contribution >= 0.6 is 0 Å². The number of benzene rings is 1. The van der Waals surface area contributed by atoms with Crippen LogP contribution in [0.5, 0.6) is 0 Å². The number of hydrogen-bond donors (Lipinski definition) is 3. The standard InChI is InChI=1S/C18H16BN3O4.CH4/c23-16-14-5-2-8-20-17(14)22(10-15(16)18(24)21-12-6-7-12)13-4-1-3-11(9-13)19(25)26;/h1-5,8-10,12,25-26H,6-7H2,(H,21,24);1H4. The molecule has 1 aliphatic carbocycles. The number of fused-ring (bicyclic) bond motifs is 1. The summed E-state index contributed by atoms with van der Waals surface area (Å²) in [6.45, 7) is 0. The maximum Gasteiger partial charge on any atom is 0.488 e. The lowest BCUT2D eigenvalue weighted by Gasteiger charge is -2.13. The van der Waals surface area contributed by atoms with E-state index in [9.17, 15) is 19.6 Å². The first-order chi connectivity index (χ1) is 12.5. The van der Waals surface area contributed by atoms with E-state index in [4.69, 9.17) is 0 Å². The van der Waals surface area contributed by atoms with E-state index in [2.05, 4.69) is 10.3 Å². The van der Waals surface area contributed by atoms with Crippen molar-refractivity contribution in [3.8, 4) is 5.69 Å². The number of nitrogens with one attached hydrogen (secondary N) is 1. The van der Waals surface area contributed by atoms with Gasteiger partial charge in [-0.15, -0.1) is 0 Å². The molecule has 0 radical (unpaired) electrons. The van der Waals surface area contributed by atoms with E-state index < -0.39 is 13.0 Å². The van der Waals surface area contributed by atoms with Crippen molar-refractivity contribution < 1.29 is 14.8 Å². The first-order valence-corrected chi connectivity index (χ1v) is 8.32. The third-order valence-corrected chi connectivity index (χ3v) is 4.37. The molecule has 0 unspecified atom stereocenters. The molecule has 1 fully saturated rings. The van der Waals surface area contributed by atoms with Gasteiger partial charge in [0, 0.05) is 24.1 Å². The van der Waals surface area contributed by atoms with Crippen molar-refractivity contribution in [2.45, 2.75) is 26.3 Å². The third kappa shape index (κ3) is 3.62. The molecule has 0 aliphatic heterocycles. The zero-order valence-electron chi connectivity index (χ0n) is 13.8. The fraction of sp³-hybridized carbons (Fsp3) is 0.211. The van der Waals surface area contributed by atoms with E-state index >= 15 is 0 Å². The third-order valence-electron chi connectivity index (χ3n) is 4.37. The molecule has 27 heavy (non-hydrogen) atoms. The van der Waals surface area contributed by atoms with Crippen LogP contribution in [0, 0.1) is 0 Å². The maximum atomic E-state index is 12.7. The van der Waals surface area contributed by atoms with E-state index in [0.29, 0.717) is 22.2 Å². The van der Waals surface area contributed by atoms with Gasteiger partial charge in [0.25, 0.3) is 5.91 Å². The molecule has 8 heteroatoms. The number of nitrogens with zero attached hydrogens (tertiary/aromatic N) is 2. The van der Waals surface area contributed by atoms with Gasteiger partial charge < -0.3 is 19.9 Å². The van der Waals surface area contributed by atoms with Crippen LogP contribution in [-0.4, -0.2) is 38.7 Å². The van der Waals surface area contributed by atoms with Crippen LogP contribution in [-0.2, 0) is 0 Å². The van der Waals surface area contributed by atoms with Crippen LogP contribution in [0.25, 0.3) is 16.7 Å². The molecule has 2 heterocycles. The van der Waals surface area contributed by atoms with Crippen LogP contribution in [0.3, 0.4) is 0 Å². The summed E-state index contributed by atoms with van der Waals surface area (Å²) in [7, 11) is -1.62. The first-order valence-electron chi connectivity index (χ1n) is 8.32. The van der Waals surface area contributed by atoms with Gasteiger partial charge in [-0.1, -0.05) is 19.6 Å². The number of pyridine rings is 2. The molecule has 1 aromatic carbocycles. The normalized spacial score (nSPS) is 13.1. The highest BCUT2D eigenvalue weighted by molar-refractivity contribution is 6.58. The Labute approximate surface area is 156 Å². The summed E-state index contributed by atoms with van der Waals surface area (Å²) >= 11 is 0. The molecule has 3 aromatic rings. The van der Waals surface area contributed by atoms with Gasteiger partial charge in [0.15, 0.2) is 0 Å². The number of aromatic nitrogens is 2. The topological polar surface area (TPSA) is 104 Å². The second-order valence-corrected chi connectivity index (χ2v) is 6.33. The predicted octanol–water partition coefficient (Wildman–Crippen LogP) is 0.594. The van der Waals surface area contributed by atoms with Gasteiger partial charge in [-0.25, -0.2) is 4.98 Å². The van der Waals surface area contributed by atoms with Gasteiger partial charge in [0.2, 0.25) is 5.43 Å². The van der Waals surface area contributed by atoms with Crippen molar-refractivity contribution in [2.75, 3.05) is 0 Å². The second-order valence-electron chi connectivity index (χ2n) is 6.33. The largest absolute Gasteiger partial charge is 0.488 e. The van der Waals surface area contributed by atoms with Gasteiger partial charge in [0.1, 0.15) is 11.2 Å². The zero-order valence-corrected chi connectivity index (χ0v) is 13.8. The Hall–Kier alpha value is -2.97. The molecule has 1 aliphatic rings. The predicted molar refractivity (Wildman–Crippen MR) is 104 cm³/mol. The summed E-state index contributed by atoms with van der Waals surface area (Å²) in [6, 6.07) is 9.96. The summed E-state index contributed by atoms with van der Waals surface area (Å²) in [6.07, 6.45) is 4.86. The number of rotatable bonds is 4. The number of hydrogen-bond acceptors (Lipinski definition) is 5. The van der Waals surface area contributed by atoms with Crippen molar-refractivity contribution in [2.24, 2.45) is 0 Å². The van der Waals surface area contributed by atoms with Crippen LogP contribution < -0.4 is 16.2 Å². The molecular formula is C19H20BN3O4. The van der Waals surface area contributed by atoms with Gasteiger partial charge in [-0.3, -0.25) is 9.59 Å². The Morgan fingerprint density at radius 1 is 1.22 bits per heavy atom. The Morgan fingerprint density at radius 2 is 2.00 bits per heavy atom. The smallest absolute Gasteiger partial charge is 0.423 e. The highest BCUT2D eigenvalue weighted by Crippen LogP contribution is 2.20. The van der Waals surface area contributed by atoms with E-state index in [1.165, 1.54) is 6.20 Å². The molecule has 1 amide bonds. The SMILES string of the molecule is C.O=C(NC1CC1)c1cn(-c2cccc(B(O)O)c2)c2ncccc2c1=O. The van der Waals surface area contributed by atoms with Crippen LogP contribution in [0.2, 0.25) is 0 Å². The number of amides is 1. The number of carbonyl (C=O) groups excluding carboxylic acids is 1. The highest BCUT2D eigenvalue weighted by Gasteiger charge is 2.26. The summed E-state index contributed by atoms with van der Waals surface area (Å²) in [5.41, 5.74) is 0.923. The molecule has 138 valence electrons. The van der Waals surface area contributed by atoms with Crippen LogP contribution in [0.1, 0.15) is 30.6 Å². The summed E-state index contributed by atoms with van der Waals surface area (Å²) < 4.78 is 1.62. The fourth-order valence-corrected chi connectivity index (χ4v) is 2.84. The molecule has 0 saturated heterocycles. The lowest BCUT2D eigenvalue weighted by atomic mass is 9.80. The van der Waals surface area contributed by atoms with E-state index in [1.807, 2.05) is 0 Å². The Kier molecular flexibility index (Phi) is 5.11. The maximum absolute atomic E-state index is 12.7. The molecule has 0 bridgehead atoms. The van der Waals surface area contributed by atoms with Gasteiger partial charge in [0.05, 0.1) is 5.39 Å². The van der Waals surface area contributed by atoms with Crippen molar-refractivity contribution in [1.29, 1.82) is 0 Å². The van der Waals surface area contributed by atoms with Gasteiger partial charge in [-0.2, -0.15) is 0 Å². The van der Waals surface area contributed by atoms with Crippen LogP contribution in [0.4, 0.5) is 0 Å². The van der Waals surface area contributed by atoms with Crippen molar-refractivity contribution in [1.82, 2.24) is 14.9 Å². The average Bonchev–Trinajstić information content (AvgIpc) is 3.46. The minimum Gasteiger partial charge on any atom is -0.423 e. The van der Waals surface area contributed by atoms with Gasteiger partial charge >= 0.3 is 7.12 Å². The molecule has 7 nitrogen and oxygen atoms in total. The molecule has 3 N–H and O–H groups in total. The summed E-state index contributed by atoms with van der Waals surface area (Å²) in [5.74, 6) is -0.407. The molecule has 0 atom stereocenters. The Balaban J connectivity index is 0.00000210. The fourth-order valence-electron chi connectivity index (χ4n) is 2.84. The molecule has 4 rings (SSSR count). The highest BCUT2D eigenvalue weighted by atomic mass is 16.4. The lowest BCUT2D eigenvalue weighted by molar-refractivity contribution is 0.0949. The zero-order chi connectivity index (χ0) is 18.3. The second kappa shape index (κ2) is 7.34. The molecule has 0 spiro atoms. The molecule has 1 saturated carbocycles. The Morgan fingerprint density at radius 3 is 2.70 bits per heavy atom. The quantitative estimate of drug-likeness (QED) is 0.587. The van der Waals surface area contributed by atoms with E-state index in [0.717, 1.165) is 12.8 Å². The van der Waals surface area contributed by atoms with Gasteiger partial charge in [-0.05, 0) is 42.6 Å². The number of carbonyl (C=O) groups is 1. The molecular weight excluding hydrogens is 345 g/mol. The van der Waals surface area contributed by atoms with Crippen molar-refractivity contribution >= 4 is 29.5 Å². The van der Waals surface area contributed by atoms with Crippen molar-refractivity contribution in [3.05, 3.63) is 64.6 Å². The van der Waals surface area contributed by atoms with Crippen molar-refractivity contribution in [3.63, 3.8) is 0 Å². The van der Waals surface area contributed by atoms with Crippen LogP contribution in [0.15, 0.2) is 53.6 Å². The lowest BCUT2D eigenvalue weighted by Crippen LogP contribution is -2.32. The minimum atomic E-state index is -1.62. The minimum absolute atomic E-state index is 0. The monoisotopic (exact) mass is 365 g/mol. The summed E-state index contributed by atoms with van der Waals surface area (Å²) in [5, 5.41) is 22.0. The average molecular weight is 365 g/mol. The summed E-state index contributed by atoms with van der Waals surface area (Å²) in [4.78, 5) is 29.5. The first kappa shape index (κ1) is 18.8. The van der Waals surface area contributed by atoms with E-state index in [1.54, 1.807) is 47.2 Å². The van der Waals surface area contributed by atoms with E-state index in [-0.39, 0.29) is 24.5 Å². The molecule has 2 aromatic heterocycles.